The lowest BCUT2D eigenvalue weighted by Gasteiger charge is -2.17. The van der Waals surface area contributed by atoms with Crippen LogP contribution in [0.1, 0.15) is 37.0 Å². The van der Waals surface area contributed by atoms with E-state index < -0.39 is 0 Å². The van der Waals surface area contributed by atoms with Gasteiger partial charge >= 0.3 is 6.03 Å². The van der Waals surface area contributed by atoms with E-state index in [1.807, 2.05) is 4.90 Å². The van der Waals surface area contributed by atoms with Crippen molar-refractivity contribution < 1.29 is 9.59 Å². The van der Waals surface area contributed by atoms with Gasteiger partial charge in [-0.3, -0.25) is 4.79 Å². The number of nitrogens with zero attached hydrogens (tertiary/aromatic N) is 1. The van der Waals surface area contributed by atoms with Crippen molar-refractivity contribution in [2.24, 2.45) is 17.8 Å². The number of rotatable bonds is 4. The molecule has 1 aromatic rings. The van der Waals surface area contributed by atoms with E-state index >= 15 is 0 Å². The number of likely N-dealkylation sites (tertiary alicyclic amines) is 1. The Labute approximate surface area is 149 Å². The number of benzene rings is 1. The third-order valence-electron chi connectivity index (χ3n) is 4.98. The Balaban J connectivity index is 1.53. The van der Waals surface area contributed by atoms with Crippen LogP contribution in [-0.4, -0.2) is 36.5 Å². The summed E-state index contributed by atoms with van der Waals surface area (Å²) in [7, 11) is 0. The Morgan fingerprint density at radius 3 is 2.24 bits per heavy atom. The van der Waals surface area contributed by atoms with Crippen molar-refractivity contribution in [1.29, 1.82) is 0 Å². The first-order chi connectivity index (χ1) is 12.0. The molecule has 134 valence electrons. The molecule has 0 bridgehead atoms. The molecule has 0 saturated carbocycles. The molecule has 1 saturated heterocycles. The van der Waals surface area contributed by atoms with Crippen molar-refractivity contribution in [1.82, 2.24) is 10.2 Å². The van der Waals surface area contributed by atoms with Crippen LogP contribution in [0.15, 0.2) is 36.4 Å². The first-order valence-electron chi connectivity index (χ1n) is 9.12. The van der Waals surface area contributed by atoms with Gasteiger partial charge in [0, 0.05) is 30.9 Å². The molecule has 0 radical (unpaired) electrons. The van der Waals surface area contributed by atoms with Crippen LogP contribution in [0.4, 0.5) is 10.5 Å². The summed E-state index contributed by atoms with van der Waals surface area (Å²) >= 11 is 0. The van der Waals surface area contributed by atoms with Crippen molar-refractivity contribution in [3.63, 3.8) is 0 Å². The van der Waals surface area contributed by atoms with Crippen LogP contribution in [0.2, 0.25) is 0 Å². The maximum absolute atomic E-state index is 12.5. The molecule has 2 atom stereocenters. The second-order valence-electron chi connectivity index (χ2n) is 7.48. The Hall–Kier alpha value is -2.30. The summed E-state index contributed by atoms with van der Waals surface area (Å²) in [6.07, 6.45) is 6.61. The predicted octanol–water partition coefficient (Wildman–Crippen LogP) is 3.50. The fourth-order valence-electron chi connectivity index (χ4n) is 3.49. The minimum absolute atomic E-state index is 0.0496. The van der Waals surface area contributed by atoms with E-state index in [2.05, 4.69) is 36.6 Å². The van der Waals surface area contributed by atoms with Gasteiger partial charge in [0.25, 0.3) is 5.91 Å². The summed E-state index contributed by atoms with van der Waals surface area (Å²) in [6, 6.07) is 7.02. The minimum Gasteiger partial charge on any atom is -0.352 e. The summed E-state index contributed by atoms with van der Waals surface area (Å²) in [6.45, 7) is 6.43. The molecule has 1 aliphatic heterocycles. The Morgan fingerprint density at radius 1 is 1.08 bits per heavy atom. The molecule has 1 aromatic carbocycles. The standard InChI is InChI=1S/C20H27N3O2/c1-14(2)11-21-19(24)15-7-9-18(10-8-15)22-20(25)23-12-16-5-3-4-6-17(16)13-23/h3-4,7-10,14,16-17H,5-6,11-13H2,1-2H3,(H,21,24)(H,22,25). The molecule has 3 rings (SSSR count). The zero-order valence-electron chi connectivity index (χ0n) is 15.0. The molecule has 0 spiro atoms. The summed E-state index contributed by atoms with van der Waals surface area (Å²) in [5, 5.41) is 5.84. The third-order valence-corrected chi connectivity index (χ3v) is 4.98. The normalized spacial score (nSPS) is 22.0. The van der Waals surface area contributed by atoms with Gasteiger partial charge in [-0.25, -0.2) is 4.79 Å². The average molecular weight is 341 g/mol. The highest BCUT2D eigenvalue weighted by Crippen LogP contribution is 2.32. The van der Waals surface area contributed by atoms with Crippen LogP contribution in [0.5, 0.6) is 0 Å². The average Bonchev–Trinajstić information content (AvgIpc) is 3.04. The number of anilines is 1. The van der Waals surface area contributed by atoms with Crippen LogP contribution < -0.4 is 10.6 Å². The number of carbonyl (C=O) groups excluding carboxylic acids is 2. The molecule has 2 unspecified atom stereocenters. The Kier molecular flexibility index (Phi) is 5.41. The first-order valence-corrected chi connectivity index (χ1v) is 9.12. The third kappa shape index (κ3) is 4.41. The van der Waals surface area contributed by atoms with Crippen molar-refractivity contribution in [3.8, 4) is 0 Å². The monoisotopic (exact) mass is 341 g/mol. The summed E-state index contributed by atoms with van der Waals surface area (Å²) in [5.41, 5.74) is 1.33. The maximum Gasteiger partial charge on any atom is 0.321 e. The lowest BCUT2D eigenvalue weighted by Crippen LogP contribution is -2.33. The number of hydrogen-bond acceptors (Lipinski definition) is 2. The number of allylic oxidation sites excluding steroid dienone is 2. The fourth-order valence-corrected chi connectivity index (χ4v) is 3.49. The van der Waals surface area contributed by atoms with Crippen LogP contribution in [0.3, 0.4) is 0 Å². The SMILES string of the molecule is CC(C)CNC(=O)c1ccc(NC(=O)N2CC3CC=CCC3C2)cc1. The number of hydrogen-bond donors (Lipinski definition) is 2. The molecular weight excluding hydrogens is 314 g/mol. The zero-order chi connectivity index (χ0) is 17.8. The highest BCUT2D eigenvalue weighted by atomic mass is 16.2. The van der Waals surface area contributed by atoms with E-state index in [1.165, 1.54) is 0 Å². The Bertz CT molecular complexity index is 635. The topological polar surface area (TPSA) is 61.4 Å². The van der Waals surface area contributed by atoms with Crippen molar-refractivity contribution in [3.05, 3.63) is 42.0 Å². The van der Waals surface area contributed by atoms with Crippen molar-refractivity contribution >= 4 is 17.6 Å². The smallest absolute Gasteiger partial charge is 0.321 e. The number of amides is 3. The minimum atomic E-state index is -0.0808. The van der Waals surface area contributed by atoms with Crippen LogP contribution in [0, 0.1) is 17.8 Å². The molecular formula is C20H27N3O2. The van der Waals surface area contributed by atoms with Gasteiger partial charge in [-0.2, -0.15) is 0 Å². The van der Waals surface area contributed by atoms with E-state index in [0.717, 1.165) is 31.6 Å². The number of fused-ring (bicyclic) bond motifs is 1. The Morgan fingerprint density at radius 2 is 1.68 bits per heavy atom. The highest BCUT2D eigenvalue weighted by Gasteiger charge is 2.35. The zero-order valence-corrected chi connectivity index (χ0v) is 15.0. The van der Waals surface area contributed by atoms with E-state index in [4.69, 9.17) is 0 Å². The van der Waals surface area contributed by atoms with E-state index in [-0.39, 0.29) is 11.9 Å². The van der Waals surface area contributed by atoms with Gasteiger partial charge in [0.15, 0.2) is 0 Å². The summed E-state index contributed by atoms with van der Waals surface area (Å²) < 4.78 is 0. The molecule has 3 amide bonds. The van der Waals surface area contributed by atoms with Crippen LogP contribution in [-0.2, 0) is 0 Å². The van der Waals surface area contributed by atoms with E-state index in [1.54, 1.807) is 24.3 Å². The van der Waals surface area contributed by atoms with Gasteiger partial charge in [0.2, 0.25) is 0 Å². The lowest BCUT2D eigenvalue weighted by molar-refractivity contribution is 0.0949. The van der Waals surface area contributed by atoms with Gasteiger partial charge in [0.1, 0.15) is 0 Å². The molecule has 1 fully saturated rings. The number of carbonyl (C=O) groups is 2. The first kappa shape index (κ1) is 17.5. The number of nitrogens with one attached hydrogen (secondary N) is 2. The van der Waals surface area contributed by atoms with Gasteiger partial charge < -0.3 is 15.5 Å². The molecule has 2 N–H and O–H groups in total. The van der Waals surface area contributed by atoms with Gasteiger partial charge in [-0.05, 0) is 54.9 Å². The molecule has 2 aliphatic rings. The van der Waals surface area contributed by atoms with E-state index in [0.29, 0.717) is 29.9 Å². The second-order valence-corrected chi connectivity index (χ2v) is 7.48. The largest absolute Gasteiger partial charge is 0.352 e. The van der Waals surface area contributed by atoms with E-state index in [9.17, 15) is 9.59 Å². The van der Waals surface area contributed by atoms with Crippen molar-refractivity contribution in [2.75, 3.05) is 25.0 Å². The van der Waals surface area contributed by atoms with Crippen LogP contribution in [0.25, 0.3) is 0 Å². The van der Waals surface area contributed by atoms with Gasteiger partial charge in [0.05, 0.1) is 0 Å². The number of urea groups is 1. The fraction of sp³-hybridized carbons (Fsp3) is 0.500. The lowest BCUT2D eigenvalue weighted by atomic mass is 9.86. The molecule has 25 heavy (non-hydrogen) atoms. The molecule has 0 aromatic heterocycles. The van der Waals surface area contributed by atoms with Crippen molar-refractivity contribution in [2.45, 2.75) is 26.7 Å². The van der Waals surface area contributed by atoms with Crippen LogP contribution >= 0.6 is 0 Å². The summed E-state index contributed by atoms with van der Waals surface area (Å²) in [5.74, 6) is 1.54. The molecule has 5 nitrogen and oxygen atoms in total. The molecule has 1 heterocycles. The predicted molar refractivity (Wildman–Crippen MR) is 99.6 cm³/mol. The molecule has 1 aliphatic carbocycles. The molecule has 5 heteroatoms. The quantitative estimate of drug-likeness (QED) is 0.823. The van der Waals surface area contributed by atoms with Gasteiger partial charge in [-0.1, -0.05) is 26.0 Å². The second kappa shape index (κ2) is 7.72. The highest BCUT2D eigenvalue weighted by molar-refractivity contribution is 5.95. The maximum atomic E-state index is 12.5. The van der Waals surface area contributed by atoms with Gasteiger partial charge in [-0.15, -0.1) is 0 Å². The summed E-state index contributed by atoms with van der Waals surface area (Å²) in [4.78, 5) is 26.4.